The summed E-state index contributed by atoms with van der Waals surface area (Å²) in [5.74, 6) is -0.486. The highest BCUT2D eigenvalue weighted by Crippen LogP contribution is 2.31. The highest BCUT2D eigenvalue weighted by atomic mass is 19.1. The van der Waals surface area contributed by atoms with E-state index < -0.39 is 0 Å². The number of unbranched alkanes of at least 4 members (excludes halogenated alkanes) is 1. The summed E-state index contributed by atoms with van der Waals surface area (Å²) in [5.41, 5.74) is 6.48. The molecule has 0 radical (unpaired) electrons. The number of rotatable bonds is 9. The Morgan fingerprint density at radius 1 is 1.11 bits per heavy atom. The van der Waals surface area contributed by atoms with Crippen LogP contribution in [-0.4, -0.2) is 36.1 Å². The topological polar surface area (TPSA) is 98.5 Å². The summed E-state index contributed by atoms with van der Waals surface area (Å²) in [6.45, 7) is 2.96. The maximum absolute atomic E-state index is 14.1. The van der Waals surface area contributed by atoms with Crippen LogP contribution in [0, 0.1) is 12.7 Å². The van der Waals surface area contributed by atoms with E-state index in [-0.39, 0.29) is 17.4 Å². The van der Waals surface area contributed by atoms with Gasteiger partial charge in [0, 0.05) is 42.5 Å². The Morgan fingerprint density at radius 3 is 2.83 bits per heavy atom. The van der Waals surface area contributed by atoms with E-state index in [0.29, 0.717) is 25.1 Å². The molecule has 1 aliphatic carbocycles. The van der Waals surface area contributed by atoms with E-state index in [9.17, 15) is 9.18 Å². The lowest BCUT2D eigenvalue weighted by atomic mass is 10.0. The van der Waals surface area contributed by atoms with Gasteiger partial charge in [0.1, 0.15) is 5.82 Å². The number of carbonyl (C=O) groups is 1. The highest BCUT2D eigenvalue weighted by molar-refractivity contribution is 5.91. The Kier molecular flexibility index (Phi) is 6.88. The van der Waals surface area contributed by atoms with Gasteiger partial charge in [-0.05, 0) is 61.6 Å². The molecule has 182 valence electrons. The molecule has 9 heteroatoms. The molecule has 0 unspecified atom stereocenters. The number of nitrogens with zero attached hydrogens (tertiary/aromatic N) is 6. The van der Waals surface area contributed by atoms with Crippen LogP contribution < -0.4 is 5.32 Å². The SMILES string of the molecule is Cc1ccc(CNC(=O)c2cn(CCCCc3cc4c(nn3)CC(c3ccccc3F)=C4)nn2)cn1. The molecule has 0 bridgehead atoms. The number of hydrogen-bond acceptors (Lipinski definition) is 6. The van der Waals surface area contributed by atoms with Crippen LogP contribution in [0.2, 0.25) is 0 Å². The van der Waals surface area contributed by atoms with Gasteiger partial charge < -0.3 is 5.32 Å². The smallest absolute Gasteiger partial charge is 0.273 e. The number of pyridine rings is 1. The minimum Gasteiger partial charge on any atom is -0.346 e. The number of benzene rings is 1. The Hall–Kier alpha value is -4.27. The van der Waals surface area contributed by atoms with Crippen LogP contribution in [0.1, 0.15) is 57.1 Å². The van der Waals surface area contributed by atoms with E-state index in [1.807, 2.05) is 37.3 Å². The number of amides is 1. The zero-order valence-electron chi connectivity index (χ0n) is 20.0. The number of hydrogen-bond donors (Lipinski definition) is 1. The molecule has 0 fully saturated rings. The first kappa shape index (κ1) is 23.5. The average molecular weight is 484 g/mol. The van der Waals surface area contributed by atoms with Crippen molar-refractivity contribution in [2.75, 3.05) is 0 Å². The van der Waals surface area contributed by atoms with Crippen LogP contribution in [0.5, 0.6) is 0 Å². The van der Waals surface area contributed by atoms with Crippen LogP contribution in [0.3, 0.4) is 0 Å². The van der Waals surface area contributed by atoms with Gasteiger partial charge >= 0.3 is 0 Å². The molecule has 3 aromatic heterocycles. The monoisotopic (exact) mass is 483 g/mol. The standard InChI is InChI=1S/C27H26FN7O/c1-18-9-10-19(15-29-18)16-30-27(36)26-17-35(34-33-26)11-5-4-6-22-13-21-12-20(14-25(21)32-31-22)23-7-2-3-8-24(23)28/h2-3,7-10,12-13,15,17H,4-6,11,14,16H2,1H3,(H,30,36). The van der Waals surface area contributed by atoms with Gasteiger partial charge in [0.25, 0.3) is 5.91 Å². The van der Waals surface area contributed by atoms with E-state index in [2.05, 4.69) is 30.8 Å². The van der Waals surface area contributed by atoms with Gasteiger partial charge in [-0.3, -0.25) is 14.5 Å². The van der Waals surface area contributed by atoms with Gasteiger partial charge in [-0.25, -0.2) is 4.39 Å². The van der Waals surface area contributed by atoms with Crippen LogP contribution in [0.4, 0.5) is 4.39 Å². The molecule has 0 aliphatic heterocycles. The third-order valence-electron chi connectivity index (χ3n) is 6.13. The van der Waals surface area contributed by atoms with Crippen molar-refractivity contribution >= 4 is 17.6 Å². The maximum Gasteiger partial charge on any atom is 0.273 e. The summed E-state index contributed by atoms with van der Waals surface area (Å²) in [4.78, 5) is 16.6. The van der Waals surface area contributed by atoms with Crippen molar-refractivity contribution in [2.45, 2.75) is 45.7 Å². The van der Waals surface area contributed by atoms with Crippen molar-refractivity contribution in [3.8, 4) is 0 Å². The quantitative estimate of drug-likeness (QED) is 0.362. The van der Waals surface area contributed by atoms with Crippen molar-refractivity contribution in [3.05, 3.63) is 100 Å². The van der Waals surface area contributed by atoms with Crippen LogP contribution in [-0.2, 0) is 25.9 Å². The Balaban J connectivity index is 1.09. The fraction of sp³-hybridized carbons (Fsp3) is 0.259. The third kappa shape index (κ3) is 5.51. The number of allylic oxidation sites excluding steroid dienone is 1. The lowest BCUT2D eigenvalue weighted by molar-refractivity contribution is 0.0945. The van der Waals surface area contributed by atoms with Gasteiger partial charge in [0.05, 0.1) is 17.6 Å². The summed E-state index contributed by atoms with van der Waals surface area (Å²) >= 11 is 0. The molecule has 1 amide bonds. The number of aromatic nitrogens is 6. The van der Waals surface area contributed by atoms with Crippen LogP contribution in [0.25, 0.3) is 11.6 Å². The van der Waals surface area contributed by atoms with E-state index in [1.54, 1.807) is 29.2 Å². The molecule has 0 atom stereocenters. The number of aryl methyl sites for hydroxylation is 3. The zero-order chi connectivity index (χ0) is 24.9. The van der Waals surface area contributed by atoms with Crippen molar-refractivity contribution < 1.29 is 9.18 Å². The van der Waals surface area contributed by atoms with Crippen molar-refractivity contribution in [1.82, 2.24) is 35.5 Å². The molecule has 1 aliphatic rings. The minimum atomic E-state index is -0.266. The molecule has 0 saturated heterocycles. The Morgan fingerprint density at radius 2 is 2.00 bits per heavy atom. The lowest BCUT2D eigenvalue weighted by Gasteiger charge is -2.04. The van der Waals surface area contributed by atoms with E-state index in [1.165, 1.54) is 6.07 Å². The molecule has 0 saturated carbocycles. The predicted molar refractivity (Wildman–Crippen MR) is 133 cm³/mol. The second kappa shape index (κ2) is 10.6. The molecule has 8 nitrogen and oxygen atoms in total. The molecule has 5 rings (SSSR count). The van der Waals surface area contributed by atoms with Crippen molar-refractivity contribution in [3.63, 3.8) is 0 Å². The molecule has 0 spiro atoms. The van der Waals surface area contributed by atoms with E-state index in [4.69, 9.17) is 0 Å². The molecular weight excluding hydrogens is 457 g/mol. The lowest BCUT2D eigenvalue weighted by Crippen LogP contribution is -2.23. The van der Waals surface area contributed by atoms with E-state index in [0.717, 1.165) is 53.0 Å². The van der Waals surface area contributed by atoms with Gasteiger partial charge in [-0.2, -0.15) is 10.2 Å². The van der Waals surface area contributed by atoms with E-state index >= 15 is 0 Å². The third-order valence-corrected chi connectivity index (χ3v) is 6.13. The first-order valence-corrected chi connectivity index (χ1v) is 12.0. The fourth-order valence-electron chi connectivity index (χ4n) is 4.14. The van der Waals surface area contributed by atoms with Crippen LogP contribution >= 0.6 is 0 Å². The molecule has 4 aromatic rings. The normalized spacial score (nSPS) is 12.3. The average Bonchev–Trinajstić information content (AvgIpc) is 3.53. The molecule has 1 N–H and O–H groups in total. The fourth-order valence-corrected chi connectivity index (χ4v) is 4.14. The Bertz CT molecular complexity index is 1410. The largest absolute Gasteiger partial charge is 0.346 e. The van der Waals surface area contributed by atoms with Crippen molar-refractivity contribution in [2.24, 2.45) is 0 Å². The van der Waals surface area contributed by atoms with Crippen molar-refractivity contribution in [1.29, 1.82) is 0 Å². The first-order valence-electron chi connectivity index (χ1n) is 12.0. The summed E-state index contributed by atoms with van der Waals surface area (Å²) < 4.78 is 15.8. The van der Waals surface area contributed by atoms with Gasteiger partial charge in [0.2, 0.25) is 0 Å². The summed E-state index contributed by atoms with van der Waals surface area (Å²) in [6.07, 6.45) is 8.52. The van der Waals surface area contributed by atoms with Gasteiger partial charge in [-0.1, -0.05) is 29.5 Å². The Labute approximate surface area is 208 Å². The number of fused-ring (bicyclic) bond motifs is 1. The molecular formula is C27H26FN7O. The minimum absolute atomic E-state index is 0.220. The molecule has 36 heavy (non-hydrogen) atoms. The second-order valence-electron chi connectivity index (χ2n) is 8.88. The maximum atomic E-state index is 14.1. The van der Waals surface area contributed by atoms with Crippen LogP contribution in [0.15, 0.2) is 54.9 Å². The number of halogens is 1. The number of carbonyl (C=O) groups excluding carboxylic acids is 1. The summed E-state index contributed by atoms with van der Waals surface area (Å²) in [7, 11) is 0. The first-order chi connectivity index (χ1) is 17.5. The summed E-state index contributed by atoms with van der Waals surface area (Å²) in [6, 6.07) is 12.7. The predicted octanol–water partition coefficient (Wildman–Crippen LogP) is 3.96. The highest BCUT2D eigenvalue weighted by Gasteiger charge is 2.19. The summed E-state index contributed by atoms with van der Waals surface area (Å²) in [5, 5.41) is 19.6. The molecule has 1 aromatic carbocycles. The second-order valence-corrected chi connectivity index (χ2v) is 8.88. The van der Waals surface area contributed by atoms with Gasteiger partial charge in [-0.15, -0.1) is 5.10 Å². The molecule has 3 heterocycles. The van der Waals surface area contributed by atoms with Gasteiger partial charge in [0.15, 0.2) is 5.69 Å². The number of nitrogens with one attached hydrogen (secondary N) is 1. The zero-order valence-corrected chi connectivity index (χ0v) is 20.0.